The van der Waals surface area contributed by atoms with Crippen molar-refractivity contribution in [1.82, 2.24) is 15.2 Å². The molecule has 2 aromatic carbocycles. The van der Waals surface area contributed by atoms with Gasteiger partial charge in [-0.3, -0.25) is 0 Å². The van der Waals surface area contributed by atoms with E-state index in [1.165, 1.54) is 10.9 Å². The summed E-state index contributed by atoms with van der Waals surface area (Å²) in [5.74, 6) is 0. The maximum absolute atomic E-state index is 4.31. The molecule has 22 heavy (non-hydrogen) atoms. The van der Waals surface area contributed by atoms with Crippen molar-refractivity contribution in [3.63, 3.8) is 0 Å². The Morgan fingerprint density at radius 2 is 1.77 bits per heavy atom. The van der Waals surface area contributed by atoms with Gasteiger partial charge in [0.2, 0.25) is 5.13 Å². The van der Waals surface area contributed by atoms with E-state index in [-0.39, 0.29) is 0 Å². The van der Waals surface area contributed by atoms with E-state index in [4.69, 9.17) is 0 Å². The Morgan fingerprint density at radius 1 is 0.955 bits per heavy atom. The SMILES string of the molecule is c1ccc(CNc2nnc(-c3c[nH]c4ccccc34)s2)cc1. The molecule has 4 rings (SSSR count). The Kier molecular flexibility index (Phi) is 3.33. The molecule has 0 spiro atoms. The van der Waals surface area contributed by atoms with Gasteiger partial charge in [-0.25, -0.2) is 0 Å². The fourth-order valence-corrected chi connectivity index (χ4v) is 3.20. The van der Waals surface area contributed by atoms with Crippen LogP contribution in [-0.2, 0) is 6.54 Å². The molecule has 0 saturated heterocycles. The molecule has 2 N–H and O–H groups in total. The summed E-state index contributed by atoms with van der Waals surface area (Å²) in [4.78, 5) is 3.27. The zero-order chi connectivity index (χ0) is 14.8. The highest BCUT2D eigenvalue weighted by Gasteiger charge is 2.11. The molecule has 0 aliphatic carbocycles. The van der Waals surface area contributed by atoms with Crippen LogP contribution in [0.2, 0.25) is 0 Å². The second-order valence-corrected chi connectivity index (χ2v) is 5.98. The van der Waals surface area contributed by atoms with Crippen LogP contribution in [0.4, 0.5) is 5.13 Å². The summed E-state index contributed by atoms with van der Waals surface area (Å²) in [5, 5.41) is 14.8. The van der Waals surface area contributed by atoms with Crippen molar-refractivity contribution >= 4 is 27.4 Å². The number of anilines is 1. The maximum atomic E-state index is 4.31. The zero-order valence-corrected chi connectivity index (χ0v) is 12.6. The van der Waals surface area contributed by atoms with Gasteiger partial charge in [0.25, 0.3) is 0 Å². The quantitative estimate of drug-likeness (QED) is 0.591. The molecule has 0 amide bonds. The second-order valence-electron chi connectivity index (χ2n) is 5.00. The first-order chi connectivity index (χ1) is 10.9. The predicted octanol–water partition coefficient (Wildman–Crippen LogP) is 4.30. The standard InChI is InChI=1S/C17H14N4S/c1-2-6-12(7-3-1)10-19-17-21-20-16(22-17)14-11-18-15-9-5-4-8-13(14)15/h1-9,11,18H,10H2,(H,19,21). The Balaban J connectivity index is 1.56. The monoisotopic (exact) mass is 306 g/mol. The van der Waals surface area contributed by atoms with Gasteiger partial charge >= 0.3 is 0 Å². The first kappa shape index (κ1) is 13.0. The number of hydrogen-bond acceptors (Lipinski definition) is 4. The van der Waals surface area contributed by atoms with E-state index in [0.29, 0.717) is 0 Å². The van der Waals surface area contributed by atoms with Gasteiger partial charge in [0.15, 0.2) is 5.01 Å². The van der Waals surface area contributed by atoms with Gasteiger partial charge in [0.1, 0.15) is 0 Å². The van der Waals surface area contributed by atoms with Crippen LogP contribution in [-0.4, -0.2) is 15.2 Å². The van der Waals surface area contributed by atoms with Crippen LogP contribution in [0.25, 0.3) is 21.5 Å². The van der Waals surface area contributed by atoms with E-state index >= 15 is 0 Å². The molecule has 0 saturated carbocycles. The van der Waals surface area contributed by atoms with Crippen LogP contribution in [0, 0.1) is 0 Å². The molecule has 4 nitrogen and oxygen atoms in total. The minimum Gasteiger partial charge on any atom is -0.360 e. The highest BCUT2D eigenvalue weighted by atomic mass is 32.1. The summed E-state index contributed by atoms with van der Waals surface area (Å²) in [6.07, 6.45) is 1.99. The Morgan fingerprint density at radius 3 is 2.68 bits per heavy atom. The molecule has 4 aromatic rings. The van der Waals surface area contributed by atoms with Crippen molar-refractivity contribution in [2.45, 2.75) is 6.54 Å². The van der Waals surface area contributed by atoms with Crippen molar-refractivity contribution in [2.75, 3.05) is 5.32 Å². The fraction of sp³-hybridized carbons (Fsp3) is 0.0588. The molecule has 0 aliphatic heterocycles. The van der Waals surface area contributed by atoms with E-state index in [0.717, 1.165) is 27.8 Å². The lowest BCUT2D eigenvalue weighted by Crippen LogP contribution is -1.98. The summed E-state index contributed by atoms with van der Waals surface area (Å²) in [7, 11) is 0. The number of nitrogens with zero attached hydrogens (tertiary/aromatic N) is 2. The van der Waals surface area contributed by atoms with Crippen LogP contribution >= 0.6 is 11.3 Å². The van der Waals surface area contributed by atoms with E-state index < -0.39 is 0 Å². The molecule has 5 heteroatoms. The first-order valence-corrected chi connectivity index (χ1v) is 7.89. The smallest absolute Gasteiger partial charge is 0.206 e. The predicted molar refractivity (Wildman–Crippen MR) is 91.0 cm³/mol. The Hall–Kier alpha value is -2.66. The van der Waals surface area contributed by atoms with Crippen molar-refractivity contribution < 1.29 is 0 Å². The minimum atomic E-state index is 0.753. The van der Waals surface area contributed by atoms with Crippen LogP contribution in [0.1, 0.15) is 5.56 Å². The van der Waals surface area contributed by atoms with Crippen molar-refractivity contribution in [3.8, 4) is 10.6 Å². The van der Waals surface area contributed by atoms with E-state index in [9.17, 15) is 0 Å². The molecular weight excluding hydrogens is 292 g/mol. The number of para-hydroxylation sites is 1. The average molecular weight is 306 g/mol. The summed E-state index contributed by atoms with van der Waals surface area (Å²) in [6.45, 7) is 0.753. The average Bonchev–Trinajstić information content (AvgIpc) is 3.20. The second kappa shape index (κ2) is 5.61. The van der Waals surface area contributed by atoms with Gasteiger partial charge < -0.3 is 10.3 Å². The van der Waals surface area contributed by atoms with Gasteiger partial charge in [-0.2, -0.15) is 0 Å². The highest BCUT2D eigenvalue weighted by molar-refractivity contribution is 7.18. The summed E-state index contributed by atoms with van der Waals surface area (Å²) in [5.41, 5.74) is 3.44. The number of hydrogen-bond donors (Lipinski definition) is 2. The number of aromatic amines is 1. The molecule has 0 aliphatic rings. The van der Waals surface area contributed by atoms with Gasteiger partial charge in [-0.1, -0.05) is 59.9 Å². The Labute approximate surface area is 131 Å². The lowest BCUT2D eigenvalue weighted by atomic mass is 10.2. The molecule has 108 valence electrons. The van der Waals surface area contributed by atoms with Crippen molar-refractivity contribution in [3.05, 3.63) is 66.4 Å². The van der Waals surface area contributed by atoms with Crippen LogP contribution < -0.4 is 5.32 Å². The number of H-pyrrole nitrogens is 1. The molecule has 2 heterocycles. The number of nitrogens with one attached hydrogen (secondary N) is 2. The molecule has 0 radical (unpaired) electrons. The van der Waals surface area contributed by atoms with Crippen LogP contribution in [0.15, 0.2) is 60.8 Å². The highest BCUT2D eigenvalue weighted by Crippen LogP contribution is 2.32. The molecule has 0 bridgehead atoms. The molecule has 0 atom stereocenters. The fourth-order valence-electron chi connectivity index (χ4n) is 2.43. The number of fused-ring (bicyclic) bond motifs is 1. The third-order valence-corrected chi connectivity index (χ3v) is 4.45. The third-order valence-electron chi connectivity index (χ3n) is 3.53. The number of benzene rings is 2. The van der Waals surface area contributed by atoms with E-state index in [2.05, 4.69) is 44.8 Å². The van der Waals surface area contributed by atoms with E-state index in [1.54, 1.807) is 11.3 Å². The summed E-state index contributed by atoms with van der Waals surface area (Å²) < 4.78 is 0. The molecule has 2 aromatic heterocycles. The summed E-state index contributed by atoms with van der Waals surface area (Å²) >= 11 is 1.57. The molecule has 0 unspecified atom stereocenters. The van der Waals surface area contributed by atoms with Crippen molar-refractivity contribution in [1.29, 1.82) is 0 Å². The van der Waals surface area contributed by atoms with Crippen LogP contribution in [0.5, 0.6) is 0 Å². The van der Waals surface area contributed by atoms with Gasteiger partial charge in [0, 0.05) is 29.2 Å². The largest absolute Gasteiger partial charge is 0.360 e. The molecule has 0 fully saturated rings. The maximum Gasteiger partial charge on any atom is 0.206 e. The van der Waals surface area contributed by atoms with Gasteiger partial charge in [-0.15, -0.1) is 10.2 Å². The molecular formula is C17H14N4S. The van der Waals surface area contributed by atoms with Gasteiger partial charge in [0.05, 0.1) is 0 Å². The van der Waals surface area contributed by atoms with Crippen molar-refractivity contribution in [2.24, 2.45) is 0 Å². The minimum absolute atomic E-state index is 0.753. The number of aromatic nitrogens is 3. The summed E-state index contributed by atoms with van der Waals surface area (Å²) in [6, 6.07) is 18.5. The topological polar surface area (TPSA) is 53.6 Å². The lowest BCUT2D eigenvalue weighted by Gasteiger charge is -2.00. The first-order valence-electron chi connectivity index (χ1n) is 7.08. The van der Waals surface area contributed by atoms with Gasteiger partial charge in [-0.05, 0) is 11.6 Å². The lowest BCUT2D eigenvalue weighted by molar-refractivity contribution is 1.05. The Bertz CT molecular complexity index is 895. The normalized spacial score (nSPS) is 10.9. The van der Waals surface area contributed by atoms with E-state index in [1.807, 2.05) is 36.5 Å². The zero-order valence-electron chi connectivity index (χ0n) is 11.8. The van der Waals surface area contributed by atoms with Crippen LogP contribution in [0.3, 0.4) is 0 Å². The third kappa shape index (κ3) is 2.46. The number of rotatable bonds is 4.